The number of rotatable bonds is 5. The van der Waals surface area contributed by atoms with Gasteiger partial charge in [0.15, 0.2) is 6.04 Å². The number of aliphatic carboxylic acids is 1. The van der Waals surface area contributed by atoms with Crippen LogP contribution in [-0.2, 0) is 4.79 Å². The number of carboxylic acids is 1. The summed E-state index contributed by atoms with van der Waals surface area (Å²) in [5.74, 6) is 1.37. The summed E-state index contributed by atoms with van der Waals surface area (Å²) >= 11 is 1.85. The van der Waals surface area contributed by atoms with E-state index in [1.54, 1.807) is 0 Å². The lowest BCUT2D eigenvalue weighted by molar-refractivity contribution is -0.140. The molecule has 1 rings (SSSR count). The number of amides is 2. The number of carbonyl (C=O) groups excluding carboxylic acids is 1. The number of hydrogen-bond acceptors (Lipinski definition) is 4. The molecule has 7 heteroatoms. The molecule has 1 heterocycles. The zero-order valence-corrected chi connectivity index (χ0v) is 9.63. The Morgan fingerprint density at radius 2 is 2.25 bits per heavy atom. The average Bonchev–Trinajstić information content (AvgIpc) is 2.75. The van der Waals surface area contributed by atoms with Crippen molar-refractivity contribution in [1.29, 1.82) is 0 Å². The summed E-state index contributed by atoms with van der Waals surface area (Å²) in [5, 5.41) is 22.1. The number of aliphatic hydroxyl groups is 1. The monoisotopic (exact) mass is 248 g/mol. The van der Waals surface area contributed by atoms with Gasteiger partial charge in [0.2, 0.25) is 0 Å². The summed E-state index contributed by atoms with van der Waals surface area (Å²) < 4.78 is 0. The van der Waals surface area contributed by atoms with Gasteiger partial charge in [-0.05, 0) is 23.8 Å². The second kappa shape index (κ2) is 6.59. The molecule has 0 saturated carbocycles. The molecule has 2 amide bonds. The number of nitrogens with one attached hydrogen (secondary N) is 2. The minimum Gasteiger partial charge on any atom is -0.480 e. The number of aliphatic hydroxyl groups excluding tert-OH is 1. The fourth-order valence-electron chi connectivity index (χ4n) is 1.38. The standard InChI is InChI=1S/C9H16N2O4S/c12-4-7(8(13)14)11-9(15)10-3-6-1-2-16-5-6/h6-7,12H,1-5H2,(H,13,14)(H2,10,11,15). The fourth-order valence-corrected chi connectivity index (χ4v) is 2.66. The SMILES string of the molecule is O=C(NCC1CCSC1)NC(CO)C(=O)O. The number of thioether (sulfide) groups is 1. The van der Waals surface area contributed by atoms with E-state index in [2.05, 4.69) is 10.6 Å². The lowest BCUT2D eigenvalue weighted by Gasteiger charge is -2.14. The predicted octanol–water partition coefficient (Wildman–Crippen LogP) is -0.516. The molecule has 2 atom stereocenters. The van der Waals surface area contributed by atoms with Gasteiger partial charge in [0, 0.05) is 6.54 Å². The first kappa shape index (κ1) is 13.1. The molecule has 16 heavy (non-hydrogen) atoms. The van der Waals surface area contributed by atoms with Crippen LogP contribution in [0, 0.1) is 5.92 Å². The highest BCUT2D eigenvalue weighted by atomic mass is 32.2. The van der Waals surface area contributed by atoms with Crippen LogP contribution in [0.25, 0.3) is 0 Å². The van der Waals surface area contributed by atoms with Crippen LogP contribution < -0.4 is 10.6 Å². The summed E-state index contributed by atoms with van der Waals surface area (Å²) in [6, 6.07) is -1.78. The Morgan fingerprint density at radius 1 is 1.50 bits per heavy atom. The molecule has 0 radical (unpaired) electrons. The second-order valence-electron chi connectivity index (χ2n) is 3.66. The second-order valence-corrected chi connectivity index (χ2v) is 4.81. The maximum absolute atomic E-state index is 11.3. The van der Waals surface area contributed by atoms with Crippen LogP contribution in [0.5, 0.6) is 0 Å². The lowest BCUT2D eigenvalue weighted by atomic mass is 10.1. The van der Waals surface area contributed by atoms with Crippen molar-refractivity contribution in [1.82, 2.24) is 10.6 Å². The van der Waals surface area contributed by atoms with Crippen LogP contribution in [0.3, 0.4) is 0 Å². The van der Waals surface area contributed by atoms with E-state index in [-0.39, 0.29) is 0 Å². The van der Waals surface area contributed by atoms with Gasteiger partial charge < -0.3 is 20.8 Å². The van der Waals surface area contributed by atoms with Gasteiger partial charge in [0.25, 0.3) is 0 Å². The first-order chi connectivity index (χ1) is 7.63. The minimum absolute atomic E-state index is 0.466. The maximum atomic E-state index is 11.3. The van der Waals surface area contributed by atoms with Crippen molar-refractivity contribution in [2.75, 3.05) is 24.7 Å². The third kappa shape index (κ3) is 4.28. The smallest absolute Gasteiger partial charge is 0.328 e. The van der Waals surface area contributed by atoms with Crippen molar-refractivity contribution >= 4 is 23.8 Å². The van der Waals surface area contributed by atoms with E-state index >= 15 is 0 Å². The Hall–Kier alpha value is -0.950. The van der Waals surface area contributed by atoms with Crippen molar-refractivity contribution in [3.63, 3.8) is 0 Å². The Kier molecular flexibility index (Phi) is 5.41. The van der Waals surface area contributed by atoms with Crippen LogP contribution in [0.2, 0.25) is 0 Å². The molecule has 2 unspecified atom stereocenters. The Labute approximate surface area is 97.8 Å². The highest BCUT2D eigenvalue weighted by molar-refractivity contribution is 7.99. The molecule has 0 bridgehead atoms. The first-order valence-corrected chi connectivity index (χ1v) is 6.24. The van der Waals surface area contributed by atoms with E-state index in [9.17, 15) is 9.59 Å². The average molecular weight is 248 g/mol. The molecular weight excluding hydrogens is 232 g/mol. The van der Waals surface area contributed by atoms with Gasteiger partial charge in [-0.3, -0.25) is 0 Å². The lowest BCUT2D eigenvalue weighted by Crippen LogP contribution is -2.48. The van der Waals surface area contributed by atoms with Crippen LogP contribution in [-0.4, -0.2) is 52.9 Å². The molecule has 1 aliphatic heterocycles. The Bertz CT molecular complexity index is 256. The number of hydrogen-bond donors (Lipinski definition) is 4. The fraction of sp³-hybridized carbons (Fsp3) is 0.778. The first-order valence-electron chi connectivity index (χ1n) is 5.09. The highest BCUT2D eigenvalue weighted by Crippen LogP contribution is 2.22. The molecule has 1 aliphatic rings. The number of carboxylic acid groups (broad SMARTS) is 1. The van der Waals surface area contributed by atoms with Crippen LogP contribution in [0.4, 0.5) is 4.79 Å². The number of carbonyl (C=O) groups is 2. The Morgan fingerprint density at radius 3 is 2.75 bits per heavy atom. The molecule has 4 N–H and O–H groups in total. The predicted molar refractivity (Wildman–Crippen MR) is 60.5 cm³/mol. The van der Waals surface area contributed by atoms with E-state index in [4.69, 9.17) is 10.2 Å². The van der Waals surface area contributed by atoms with Crippen molar-refractivity contribution in [2.45, 2.75) is 12.5 Å². The molecule has 0 aromatic heterocycles. The van der Waals surface area contributed by atoms with E-state index in [0.29, 0.717) is 12.5 Å². The van der Waals surface area contributed by atoms with E-state index < -0.39 is 24.6 Å². The van der Waals surface area contributed by atoms with Crippen LogP contribution in [0.1, 0.15) is 6.42 Å². The zero-order valence-electron chi connectivity index (χ0n) is 8.81. The van der Waals surface area contributed by atoms with Crippen molar-refractivity contribution in [2.24, 2.45) is 5.92 Å². The molecule has 0 aromatic rings. The molecular formula is C9H16N2O4S. The number of urea groups is 1. The van der Waals surface area contributed by atoms with Gasteiger partial charge >= 0.3 is 12.0 Å². The maximum Gasteiger partial charge on any atom is 0.328 e. The van der Waals surface area contributed by atoms with E-state index in [1.165, 1.54) is 0 Å². The molecule has 6 nitrogen and oxygen atoms in total. The molecule has 0 aliphatic carbocycles. The topological polar surface area (TPSA) is 98.7 Å². The van der Waals surface area contributed by atoms with Gasteiger partial charge in [0.1, 0.15) is 0 Å². The van der Waals surface area contributed by atoms with Gasteiger partial charge in [-0.1, -0.05) is 0 Å². The van der Waals surface area contributed by atoms with Crippen molar-refractivity contribution < 1.29 is 19.8 Å². The highest BCUT2D eigenvalue weighted by Gasteiger charge is 2.20. The molecule has 1 fully saturated rings. The summed E-state index contributed by atoms with van der Waals surface area (Å²) in [6.45, 7) is -0.0569. The summed E-state index contributed by atoms with van der Waals surface area (Å²) in [6.07, 6.45) is 1.08. The quantitative estimate of drug-likeness (QED) is 0.525. The Balaban J connectivity index is 2.21. The zero-order chi connectivity index (χ0) is 12.0. The molecule has 0 aromatic carbocycles. The third-order valence-corrected chi connectivity index (χ3v) is 3.59. The van der Waals surface area contributed by atoms with Gasteiger partial charge in [-0.2, -0.15) is 11.8 Å². The largest absolute Gasteiger partial charge is 0.480 e. The van der Waals surface area contributed by atoms with E-state index in [0.717, 1.165) is 17.9 Å². The minimum atomic E-state index is -1.24. The molecule has 1 saturated heterocycles. The van der Waals surface area contributed by atoms with Gasteiger partial charge in [-0.15, -0.1) is 0 Å². The van der Waals surface area contributed by atoms with Gasteiger partial charge in [-0.25, -0.2) is 9.59 Å². The molecule has 92 valence electrons. The summed E-state index contributed by atoms with van der Waals surface area (Å²) in [7, 11) is 0. The summed E-state index contributed by atoms with van der Waals surface area (Å²) in [4.78, 5) is 21.8. The van der Waals surface area contributed by atoms with Crippen molar-refractivity contribution in [3.8, 4) is 0 Å². The normalized spacial score (nSPS) is 21.4. The van der Waals surface area contributed by atoms with E-state index in [1.807, 2.05) is 11.8 Å². The van der Waals surface area contributed by atoms with Crippen molar-refractivity contribution in [3.05, 3.63) is 0 Å². The van der Waals surface area contributed by atoms with Gasteiger partial charge in [0.05, 0.1) is 6.61 Å². The third-order valence-electron chi connectivity index (χ3n) is 2.36. The summed E-state index contributed by atoms with van der Waals surface area (Å²) in [5.41, 5.74) is 0. The molecule has 0 spiro atoms. The van der Waals surface area contributed by atoms with Crippen LogP contribution in [0.15, 0.2) is 0 Å². The van der Waals surface area contributed by atoms with Crippen LogP contribution >= 0.6 is 11.8 Å².